The number of aliphatic hydroxyl groups is 2. The lowest BCUT2D eigenvalue weighted by atomic mass is 10.0. The summed E-state index contributed by atoms with van der Waals surface area (Å²) in [6.07, 6.45) is 80.2. The summed E-state index contributed by atoms with van der Waals surface area (Å²) in [5.74, 6) is -0.0377. The molecule has 2 unspecified atom stereocenters. The fraction of sp³-hybridized carbons (Fsp3) is 0.882. The summed E-state index contributed by atoms with van der Waals surface area (Å²) in [5, 5.41) is 23.4. The molecule has 0 bridgehead atoms. The lowest BCUT2D eigenvalue weighted by Crippen LogP contribution is -2.45. The summed E-state index contributed by atoms with van der Waals surface area (Å²) in [6.45, 7) is 4.96. The molecule has 0 heterocycles. The molecule has 0 saturated heterocycles. The second-order valence-electron chi connectivity index (χ2n) is 22.8. The van der Waals surface area contributed by atoms with Crippen molar-refractivity contribution in [1.29, 1.82) is 0 Å². The standard InChI is InChI=1S/C68H129NO5/c1-3-5-7-9-11-13-15-17-19-20-30-33-36-40-44-48-52-56-60-66(71)65(64-70)69-67(72)61-57-53-49-45-41-37-34-31-28-26-24-22-21-23-25-27-29-32-35-39-43-47-51-55-59-63-74-68(73)62-58-54-50-46-42-38-18-16-14-12-10-8-6-4-2/h16,18,22-25,65-66,70-71H,3-15,17,19-21,26-64H2,1-2H3,(H,69,72)/b18-16-,24-22-,25-23-. The van der Waals surface area contributed by atoms with E-state index >= 15 is 0 Å². The first-order valence-corrected chi connectivity index (χ1v) is 33.2. The normalized spacial score (nSPS) is 12.8. The number of rotatable bonds is 62. The molecule has 0 aliphatic carbocycles. The maximum atomic E-state index is 12.5. The third-order valence-electron chi connectivity index (χ3n) is 15.4. The lowest BCUT2D eigenvalue weighted by Gasteiger charge is -2.22. The molecule has 1 amide bonds. The number of esters is 1. The minimum atomic E-state index is -0.669. The molecule has 0 aromatic rings. The molecule has 0 aromatic carbocycles. The van der Waals surface area contributed by atoms with Crippen LogP contribution in [-0.2, 0) is 14.3 Å². The molecule has 6 nitrogen and oxygen atoms in total. The van der Waals surface area contributed by atoms with Gasteiger partial charge in [-0.2, -0.15) is 0 Å². The van der Waals surface area contributed by atoms with Gasteiger partial charge in [-0.25, -0.2) is 0 Å². The van der Waals surface area contributed by atoms with Crippen molar-refractivity contribution >= 4 is 11.9 Å². The van der Waals surface area contributed by atoms with E-state index in [2.05, 4.69) is 55.6 Å². The first-order chi connectivity index (χ1) is 36.5. The van der Waals surface area contributed by atoms with Crippen LogP contribution in [0.2, 0.25) is 0 Å². The van der Waals surface area contributed by atoms with Gasteiger partial charge in [-0.05, 0) is 83.5 Å². The summed E-state index contributed by atoms with van der Waals surface area (Å²) >= 11 is 0. The van der Waals surface area contributed by atoms with Gasteiger partial charge in [-0.1, -0.05) is 301 Å². The Labute approximate surface area is 462 Å². The molecule has 0 aromatic heterocycles. The molecule has 436 valence electrons. The van der Waals surface area contributed by atoms with Crippen molar-refractivity contribution in [3.05, 3.63) is 36.5 Å². The fourth-order valence-corrected chi connectivity index (χ4v) is 10.3. The maximum Gasteiger partial charge on any atom is 0.305 e. The molecular formula is C68H129NO5. The predicted octanol–water partition coefficient (Wildman–Crippen LogP) is 21.1. The number of allylic oxidation sites excluding steroid dienone is 6. The van der Waals surface area contributed by atoms with Crippen LogP contribution < -0.4 is 5.32 Å². The van der Waals surface area contributed by atoms with E-state index in [1.165, 1.54) is 276 Å². The monoisotopic (exact) mass is 1040 g/mol. The SMILES string of the molecule is CCCCCCC/C=C\CCCCCCCC(=O)OCCCCCCCCCCC/C=C\C/C=C\CCCCCCCCCCCC(=O)NC(CO)C(O)CCCCCCCCCCCCCCCCCCCC. The molecule has 0 rings (SSSR count). The van der Waals surface area contributed by atoms with E-state index in [0.717, 1.165) is 51.4 Å². The van der Waals surface area contributed by atoms with Crippen molar-refractivity contribution in [1.82, 2.24) is 5.32 Å². The van der Waals surface area contributed by atoms with Crippen LogP contribution in [0.25, 0.3) is 0 Å². The van der Waals surface area contributed by atoms with Gasteiger partial charge in [-0.3, -0.25) is 9.59 Å². The van der Waals surface area contributed by atoms with Crippen molar-refractivity contribution in [2.75, 3.05) is 13.2 Å². The van der Waals surface area contributed by atoms with Gasteiger partial charge in [0.15, 0.2) is 0 Å². The molecule has 3 N–H and O–H groups in total. The number of aliphatic hydroxyl groups excluding tert-OH is 2. The number of ether oxygens (including phenoxy) is 1. The Hall–Kier alpha value is -1.92. The Balaban J connectivity index is 3.44. The van der Waals surface area contributed by atoms with E-state index in [4.69, 9.17) is 4.74 Å². The highest BCUT2D eigenvalue weighted by atomic mass is 16.5. The number of carbonyl (C=O) groups is 2. The average Bonchev–Trinajstić information content (AvgIpc) is 3.40. The van der Waals surface area contributed by atoms with Crippen molar-refractivity contribution in [3.63, 3.8) is 0 Å². The summed E-state index contributed by atoms with van der Waals surface area (Å²) < 4.78 is 5.48. The molecule has 0 radical (unpaired) electrons. The van der Waals surface area contributed by atoms with Crippen LogP contribution >= 0.6 is 0 Å². The first-order valence-electron chi connectivity index (χ1n) is 33.2. The molecule has 0 spiro atoms. The fourth-order valence-electron chi connectivity index (χ4n) is 10.3. The van der Waals surface area contributed by atoms with E-state index in [1.54, 1.807) is 0 Å². The zero-order valence-electron chi connectivity index (χ0n) is 49.8. The van der Waals surface area contributed by atoms with Gasteiger partial charge in [0.05, 0.1) is 25.4 Å². The molecule has 0 aliphatic heterocycles. The third kappa shape index (κ3) is 59.3. The van der Waals surface area contributed by atoms with Gasteiger partial charge in [0, 0.05) is 12.8 Å². The zero-order chi connectivity index (χ0) is 53.6. The zero-order valence-corrected chi connectivity index (χ0v) is 49.8. The van der Waals surface area contributed by atoms with Gasteiger partial charge in [0.25, 0.3) is 0 Å². The molecule has 0 aliphatic rings. The van der Waals surface area contributed by atoms with Crippen LogP contribution in [0.1, 0.15) is 361 Å². The summed E-state index contributed by atoms with van der Waals surface area (Å²) in [4.78, 5) is 24.6. The van der Waals surface area contributed by atoms with E-state index in [-0.39, 0.29) is 18.5 Å². The summed E-state index contributed by atoms with van der Waals surface area (Å²) in [7, 11) is 0. The number of unbranched alkanes of at least 4 members (excludes halogenated alkanes) is 45. The van der Waals surface area contributed by atoms with E-state index in [9.17, 15) is 19.8 Å². The van der Waals surface area contributed by atoms with E-state index in [0.29, 0.717) is 25.9 Å². The highest BCUT2D eigenvalue weighted by Gasteiger charge is 2.20. The smallest absolute Gasteiger partial charge is 0.305 e. The highest BCUT2D eigenvalue weighted by molar-refractivity contribution is 5.76. The molecule has 2 atom stereocenters. The number of nitrogens with one attached hydrogen (secondary N) is 1. The minimum Gasteiger partial charge on any atom is -0.466 e. The number of carbonyl (C=O) groups excluding carboxylic acids is 2. The van der Waals surface area contributed by atoms with Gasteiger partial charge in [0.2, 0.25) is 5.91 Å². The van der Waals surface area contributed by atoms with Crippen molar-refractivity contribution < 1.29 is 24.5 Å². The highest BCUT2D eigenvalue weighted by Crippen LogP contribution is 2.18. The molecule has 0 fully saturated rings. The summed E-state index contributed by atoms with van der Waals surface area (Å²) in [6, 6.07) is -0.547. The van der Waals surface area contributed by atoms with Crippen LogP contribution in [0.5, 0.6) is 0 Å². The lowest BCUT2D eigenvalue weighted by molar-refractivity contribution is -0.143. The largest absolute Gasteiger partial charge is 0.466 e. The second-order valence-corrected chi connectivity index (χ2v) is 22.8. The number of hydrogen-bond acceptors (Lipinski definition) is 5. The Morgan fingerprint density at radius 3 is 1.04 bits per heavy atom. The Morgan fingerprint density at radius 1 is 0.378 bits per heavy atom. The number of amides is 1. The van der Waals surface area contributed by atoms with Gasteiger partial charge in [0.1, 0.15) is 0 Å². The van der Waals surface area contributed by atoms with Crippen LogP contribution in [0, 0.1) is 0 Å². The van der Waals surface area contributed by atoms with Gasteiger partial charge >= 0.3 is 5.97 Å². The van der Waals surface area contributed by atoms with Crippen LogP contribution in [0.4, 0.5) is 0 Å². The minimum absolute atomic E-state index is 0.000744. The van der Waals surface area contributed by atoms with E-state index in [1.807, 2.05) is 0 Å². The van der Waals surface area contributed by atoms with Crippen molar-refractivity contribution in [2.24, 2.45) is 0 Å². The molecular weight excluding hydrogens is 911 g/mol. The van der Waals surface area contributed by atoms with Crippen LogP contribution in [0.3, 0.4) is 0 Å². The molecule has 0 saturated carbocycles. The Morgan fingerprint density at radius 2 is 0.676 bits per heavy atom. The van der Waals surface area contributed by atoms with Gasteiger partial charge < -0.3 is 20.3 Å². The summed E-state index contributed by atoms with van der Waals surface area (Å²) in [5.41, 5.74) is 0. The van der Waals surface area contributed by atoms with E-state index < -0.39 is 12.1 Å². The quantitative estimate of drug-likeness (QED) is 0.0320. The first kappa shape index (κ1) is 72.1. The third-order valence-corrected chi connectivity index (χ3v) is 15.4. The topological polar surface area (TPSA) is 95.9 Å². The molecule has 6 heteroatoms. The Kier molecular flexibility index (Phi) is 62.0. The van der Waals surface area contributed by atoms with Crippen LogP contribution in [-0.4, -0.2) is 47.4 Å². The van der Waals surface area contributed by atoms with Crippen molar-refractivity contribution in [2.45, 2.75) is 373 Å². The van der Waals surface area contributed by atoms with Crippen LogP contribution in [0.15, 0.2) is 36.5 Å². The predicted molar refractivity (Wildman–Crippen MR) is 324 cm³/mol. The average molecular weight is 1040 g/mol. The Bertz CT molecular complexity index is 1200. The number of hydrogen-bond donors (Lipinski definition) is 3. The second kappa shape index (κ2) is 63.6. The van der Waals surface area contributed by atoms with Gasteiger partial charge in [-0.15, -0.1) is 0 Å². The molecule has 74 heavy (non-hydrogen) atoms. The maximum absolute atomic E-state index is 12.5. The van der Waals surface area contributed by atoms with Crippen molar-refractivity contribution in [3.8, 4) is 0 Å².